The number of unbranched alkanes of at least 4 members (excludes halogenated alkanes) is 1. The van der Waals surface area contributed by atoms with Crippen LogP contribution in [0, 0.1) is 0 Å². The van der Waals surface area contributed by atoms with Crippen molar-refractivity contribution in [2.75, 3.05) is 6.61 Å². The van der Waals surface area contributed by atoms with Gasteiger partial charge in [0.1, 0.15) is 0 Å². The Balaban J connectivity index is 2.19. The molecule has 0 spiro atoms. The molecule has 0 amide bonds. The molecule has 0 fully saturated rings. The topological polar surface area (TPSA) is 9.23 Å². The van der Waals surface area contributed by atoms with Gasteiger partial charge in [0.05, 0.1) is 0 Å². The molecule has 2 aromatic rings. The van der Waals surface area contributed by atoms with Crippen molar-refractivity contribution < 1.29 is 4.74 Å². The van der Waals surface area contributed by atoms with Gasteiger partial charge in [-0.25, -0.2) is 0 Å². The first kappa shape index (κ1) is 9.82. The fourth-order valence-corrected chi connectivity index (χ4v) is 3.10. The number of rotatable bonds is 4. The molecule has 2 rings (SSSR count). The fraction of sp³-hybridized carbons (Fsp3) is 0.333. The second-order valence-corrected chi connectivity index (χ2v) is 5.28. The third-order valence-electron chi connectivity index (χ3n) is 2.21. The molecule has 0 unspecified atom stereocenters. The van der Waals surface area contributed by atoms with Crippen molar-refractivity contribution in [3.63, 3.8) is 0 Å². The normalized spacial score (nSPS) is 10.6. The minimum atomic E-state index is 0.527. The van der Waals surface area contributed by atoms with E-state index in [1.807, 2.05) is 0 Å². The van der Waals surface area contributed by atoms with E-state index in [1.165, 1.54) is 16.1 Å². The molecule has 74 valence electrons. The van der Waals surface area contributed by atoms with Crippen LogP contribution in [0.2, 0.25) is 0 Å². The molecular weight excluding hydrogens is 239 g/mol. The zero-order valence-corrected chi connectivity index (χ0v) is 10.0. The molecule has 1 aromatic heterocycles. The Hall–Kier alpha value is -0.721. The van der Waals surface area contributed by atoms with Crippen LogP contribution in [0.3, 0.4) is 0 Å². The number of hydrogen-bond donors (Lipinski definition) is 0. The monoisotopic (exact) mass is 254 g/mol. The van der Waals surface area contributed by atoms with Gasteiger partial charge >= 0.3 is 90.2 Å². The van der Waals surface area contributed by atoms with E-state index in [2.05, 4.69) is 36.1 Å². The summed E-state index contributed by atoms with van der Waals surface area (Å²) in [5.41, 5.74) is 0. The Bertz CT molecular complexity index is 405. The van der Waals surface area contributed by atoms with E-state index >= 15 is 0 Å². The molecule has 0 bridgehead atoms. The molecule has 1 nitrogen and oxygen atoms in total. The Morgan fingerprint density at radius 3 is 3.07 bits per heavy atom. The number of ether oxygens (including phenoxy) is 1. The summed E-state index contributed by atoms with van der Waals surface area (Å²) in [6, 6.07) is 8.55. The second kappa shape index (κ2) is 4.68. The van der Waals surface area contributed by atoms with E-state index in [9.17, 15) is 0 Å². The molecule has 2 heteroatoms. The maximum absolute atomic E-state index is 5.75. The van der Waals surface area contributed by atoms with Crippen molar-refractivity contribution in [1.29, 1.82) is 0 Å². The Kier molecular flexibility index (Phi) is 3.28. The van der Waals surface area contributed by atoms with Gasteiger partial charge in [0.15, 0.2) is 0 Å². The van der Waals surface area contributed by atoms with Gasteiger partial charge in [0, 0.05) is 0 Å². The Morgan fingerprint density at radius 1 is 1.29 bits per heavy atom. The molecule has 0 aliphatic carbocycles. The summed E-state index contributed by atoms with van der Waals surface area (Å²) in [4.78, 5) is 2.25. The third kappa shape index (κ3) is 2.02. The van der Waals surface area contributed by atoms with Gasteiger partial charge in [-0.05, 0) is 0 Å². The summed E-state index contributed by atoms with van der Waals surface area (Å²) in [6.07, 6.45) is 2.33. The molecular formula is C12H14OSe. The quantitative estimate of drug-likeness (QED) is 0.601. The van der Waals surface area contributed by atoms with Crippen molar-refractivity contribution in [3.05, 3.63) is 29.2 Å². The van der Waals surface area contributed by atoms with Gasteiger partial charge in [-0.1, -0.05) is 0 Å². The molecule has 0 atom stereocenters. The van der Waals surface area contributed by atoms with Gasteiger partial charge < -0.3 is 0 Å². The summed E-state index contributed by atoms with van der Waals surface area (Å²) in [5, 5.41) is 1.31. The van der Waals surface area contributed by atoms with Crippen LogP contribution in [0.5, 0.6) is 5.75 Å². The number of hydrogen-bond acceptors (Lipinski definition) is 1. The molecule has 1 heterocycles. The molecule has 1 aromatic carbocycles. The minimum absolute atomic E-state index is 0.527. The molecule has 14 heavy (non-hydrogen) atoms. The van der Waals surface area contributed by atoms with E-state index < -0.39 is 0 Å². The fourth-order valence-electron chi connectivity index (χ4n) is 1.42. The SMILES string of the molecule is CCCCOc1cccc2[se]ccc12. The Labute approximate surface area is 90.4 Å². The summed E-state index contributed by atoms with van der Waals surface area (Å²) >= 11 is 0.527. The summed E-state index contributed by atoms with van der Waals surface area (Å²) in [5.74, 6) is 1.06. The standard InChI is InChI=1S/C12H14OSe/c1-2-3-8-13-11-5-4-6-12-10(11)7-9-14-12/h4-7,9H,2-3,8H2,1H3. The van der Waals surface area contributed by atoms with Crippen molar-refractivity contribution in [2.24, 2.45) is 0 Å². The van der Waals surface area contributed by atoms with E-state index in [4.69, 9.17) is 4.74 Å². The zero-order chi connectivity index (χ0) is 9.80. The van der Waals surface area contributed by atoms with Crippen LogP contribution in [-0.2, 0) is 0 Å². The van der Waals surface area contributed by atoms with Gasteiger partial charge in [0.25, 0.3) is 0 Å². The predicted molar refractivity (Wildman–Crippen MR) is 61.3 cm³/mol. The van der Waals surface area contributed by atoms with Crippen LogP contribution in [-0.4, -0.2) is 21.1 Å². The average molecular weight is 253 g/mol. The first-order valence-corrected chi connectivity index (χ1v) is 6.85. The van der Waals surface area contributed by atoms with Crippen molar-refractivity contribution in [2.45, 2.75) is 19.8 Å². The van der Waals surface area contributed by atoms with Crippen molar-refractivity contribution in [1.82, 2.24) is 0 Å². The summed E-state index contributed by atoms with van der Waals surface area (Å²) in [6.45, 7) is 3.02. The third-order valence-corrected chi connectivity index (χ3v) is 4.06. The Morgan fingerprint density at radius 2 is 2.21 bits per heavy atom. The molecule has 0 saturated carbocycles. The van der Waals surface area contributed by atoms with Crippen molar-refractivity contribution >= 4 is 24.1 Å². The van der Waals surface area contributed by atoms with Gasteiger partial charge in [-0.2, -0.15) is 0 Å². The zero-order valence-electron chi connectivity index (χ0n) is 8.32. The number of benzene rings is 1. The van der Waals surface area contributed by atoms with Gasteiger partial charge in [0.2, 0.25) is 0 Å². The van der Waals surface area contributed by atoms with E-state index in [-0.39, 0.29) is 0 Å². The molecule has 0 N–H and O–H groups in total. The first-order valence-electron chi connectivity index (χ1n) is 5.01. The van der Waals surface area contributed by atoms with Gasteiger partial charge in [-0.3, -0.25) is 0 Å². The second-order valence-electron chi connectivity index (χ2n) is 3.29. The maximum atomic E-state index is 5.75. The summed E-state index contributed by atoms with van der Waals surface area (Å²) in [7, 11) is 0. The van der Waals surface area contributed by atoms with Crippen LogP contribution < -0.4 is 4.74 Å². The predicted octanol–water partition coefficient (Wildman–Crippen LogP) is 3.08. The van der Waals surface area contributed by atoms with E-state index in [0.717, 1.165) is 18.8 Å². The first-order chi connectivity index (χ1) is 6.92. The number of fused-ring (bicyclic) bond motifs is 1. The van der Waals surface area contributed by atoms with E-state index in [0.29, 0.717) is 14.5 Å². The molecule has 0 radical (unpaired) electrons. The van der Waals surface area contributed by atoms with Crippen LogP contribution in [0.15, 0.2) is 29.2 Å². The van der Waals surface area contributed by atoms with E-state index in [1.54, 1.807) is 0 Å². The molecule has 0 saturated heterocycles. The van der Waals surface area contributed by atoms with Gasteiger partial charge in [-0.15, -0.1) is 0 Å². The van der Waals surface area contributed by atoms with Crippen LogP contribution in [0.1, 0.15) is 19.8 Å². The van der Waals surface area contributed by atoms with Crippen molar-refractivity contribution in [3.8, 4) is 5.75 Å². The average Bonchev–Trinajstić information content (AvgIpc) is 2.67. The van der Waals surface area contributed by atoms with Crippen LogP contribution in [0.25, 0.3) is 9.65 Å². The summed E-state index contributed by atoms with van der Waals surface area (Å²) < 4.78 is 7.20. The molecule has 0 aliphatic rings. The van der Waals surface area contributed by atoms with Crippen LogP contribution in [0.4, 0.5) is 0 Å². The van der Waals surface area contributed by atoms with Crippen LogP contribution >= 0.6 is 0 Å². The molecule has 0 aliphatic heterocycles.